The van der Waals surface area contributed by atoms with Crippen molar-refractivity contribution in [3.8, 4) is 28.5 Å². The molecule has 34 heavy (non-hydrogen) atoms. The number of aromatic nitrogens is 4. The maximum atomic E-state index is 15.4. The van der Waals surface area contributed by atoms with Gasteiger partial charge in [0.15, 0.2) is 5.82 Å². The highest BCUT2D eigenvalue weighted by Crippen LogP contribution is 2.34. The summed E-state index contributed by atoms with van der Waals surface area (Å²) in [4.78, 5) is 13.7. The molecule has 0 saturated carbocycles. The van der Waals surface area contributed by atoms with Crippen LogP contribution in [0, 0.1) is 11.6 Å². The summed E-state index contributed by atoms with van der Waals surface area (Å²) in [6, 6.07) is 11.7. The van der Waals surface area contributed by atoms with E-state index >= 15 is 4.39 Å². The molecule has 2 aromatic carbocycles. The van der Waals surface area contributed by atoms with Crippen LogP contribution >= 0.6 is 0 Å². The summed E-state index contributed by atoms with van der Waals surface area (Å²) in [5.74, 6) is -0.0380. The van der Waals surface area contributed by atoms with Crippen LogP contribution in [0.15, 0.2) is 61.2 Å². The Labute approximate surface area is 198 Å². The summed E-state index contributed by atoms with van der Waals surface area (Å²) < 4.78 is 32.7. The van der Waals surface area contributed by atoms with Crippen LogP contribution in [0.2, 0.25) is 0 Å². The molecule has 4 aromatic rings. The second-order valence-corrected chi connectivity index (χ2v) is 9.00. The predicted octanol–water partition coefficient (Wildman–Crippen LogP) is 5.01. The van der Waals surface area contributed by atoms with E-state index in [0.29, 0.717) is 17.2 Å². The summed E-state index contributed by atoms with van der Waals surface area (Å²) in [5, 5.41) is 0. The third kappa shape index (κ3) is 4.09. The number of anilines is 1. The molecule has 8 heteroatoms. The van der Waals surface area contributed by atoms with Gasteiger partial charge in [0.05, 0.1) is 17.7 Å². The quantitative estimate of drug-likeness (QED) is 0.418. The molecule has 3 heterocycles. The average Bonchev–Trinajstić information content (AvgIpc) is 3.47. The fourth-order valence-electron chi connectivity index (χ4n) is 4.42. The molecule has 176 valence electrons. The summed E-state index contributed by atoms with van der Waals surface area (Å²) in [7, 11) is 2.10. The molecule has 5 rings (SSSR count). The zero-order valence-electron chi connectivity index (χ0n) is 19.6. The number of halogens is 2. The van der Waals surface area contributed by atoms with Crippen molar-refractivity contribution in [2.24, 2.45) is 0 Å². The number of rotatable bonds is 5. The minimum Gasteiger partial charge on any atom is -0.369 e. The molecule has 1 saturated heterocycles. The van der Waals surface area contributed by atoms with Crippen molar-refractivity contribution >= 4 is 5.69 Å². The Morgan fingerprint density at radius 2 is 1.65 bits per heavy atom. The van der Waals surface area contributed by atoms with Gasteiger partial charge < -0.3 is 14.4 Å². The van der Waals surface area contributed by atoms with E-state index in [2.05, 4.69) is 40.7 Å². The summed E-state index contributed by atoms with van der Waals surface area (Å²) in [5.41, 5.74) is 3.52. The number of nitrogens with zero attached hydrogens (tertiary/aromatic N) is 6. The van der Waals surface area contributed by atoms with Crippen LogP contribution in [-0.2, 0) is 0 Å². The maximum Gasteiger partial charge on any atom is 0.163 e. The van der Waals surface area contributed by atoms with Crippen molar-refractivity contribution in [3.63, 3.8) is 0 Å². The Balaban J connectivity index is 1.57. The van der Waals surface area contributed by atoms with E-state index in [0.717, 1.165) is 43.1 Å². The molecule has 0 unspecified atom stereocenters. The topological polar surface area (TPSA) is 42.1 Å². The molecule has 0 spiro atoms. The molecule has 2 aromatic heterocycles. The van der Waals surface area contributed by atoms with Gasteiger partial charge in [-0.2, -0.15) is 0 Å². The summed E-state index contributed by atoms with van der Waals surface area (Å²) in [6.45, 7) is 7.78. The van der Waals surface area contributed by atoms with Gasteiger partial charge in [-0.25, -0.2) is 18.7 Å². The van der Waals surface area contributed by atoms with Crippen LogP contribution < -0.4 is 4.90 Å². The molecule has 0 radical (unpaired) electrons. The van der Waals surface area contributed by atoms with E-state index in [1.165, 1.54) is 12.1 Å². The van der Waals surface area contributed by atoms with Crippen LogP contribution in [0.1, 0.15) is 19.9 Å². The maximum absolute atomic E-state index is 15.4. The lowest BCUT2D eigenvalue weighted by molar-refractivity contribution is 0.313. The standard InChI is InChI=1S/C26H28F2N6/c1-18(2)34-17-30-24(19-4-6-20(27)7-5-19)25(34)26-29-10-11-33(26)23-9-8-21(16-22(23)28)32-14-12-31(3)13-15-32/h4-11,16-18H,12-15H2,1-3H3. The van der Waals surface area contributed by atoms with E-state index < -0.39 is 0 Å². The van der Waals surface area contributed by atoms with Crippen molar-refractivity contribution in [3.05, 3.63) is 72.8 Å². The number of hydrogen-bond acceptors (Lipinski definition) is 4. The van der Waals surface area contributed by atoms with E-state index in [1.54, 1.807) is 41.5 Å². The monoisotopic (exact) mass is 462 g/mol. The van der Waals surface area contributed by atoms with Crippen molar-refractivity contribution in [2.45, 2.75) is 19.9 Å². The van der Waals surface area contributed by atoms with E-state index in [-0.39, 0.29) is 17.7 Å². The third-order valence-electron chi connectivity index (χ3n) is 6.38. The largest absolute Gasteiger partial charge is 0.369 e. The third-order valence-corrected chi connectivity index (χ3v) is 6.38. The highest BCUT2D eigenvalue weighted by molar-refractivity contribution is 5.76. The van der Waals surface area contributed by atoms with E-state index in [1.807, 2.05) is 16.7 Å². The Morgan fingerprint density at radius 3 is 2.32 bits per heavy atom. The van der Waals surface area contributed by atoms with Gasteiger partial charge in [-0.05, 0) is 63.4 Å². The molecule has 0 N–H and O–H groups in total. The zero-order valence-corrected chi connectivity index (χ0v) is 19.6. The van der Waals surface area contributed by atoms with E-state index in [9.17, 15) is 4.39 Å². The van der Waals surface area contributed by atoms with Crippen LogP contribution in [0.3, 0.4) is 0 Å². The Morgan fingerprint density at radius 1 is 0.912 bits per heavy atom. The van der Waals surface area contributed by atoms with Crippen LogP contribution in [0.4, 0.5) is 14.5 Å². The fraction of sp³-hybridized carbons (Fsp3) is 0.308. The number of likely N-dealkylation sites (N-methyl/N-ethyl adjacent to an activating group) is 1. The smallest absolute Gasteiger partial charge is 0.163 e. The number of imidazole rings is 2. The van der Waals surface area contributed by atoms with Gasteiger partial charge in [0.25, 0.3) is 0 Å². The number of hydrogen-bond donors (Lipinski definition) is 0. The molecular formula is C26H28F2N6. The summed E-state index contributed by atoms with van der Waals surface area (Å²) in [6.07, 6.45) is 5.18. The molecule has 1 aliphatic heterocycles. The van der Waals surface area contributed by atoms with Crippen molar-refractivity contribution in [2.75, 3.05) is 38.1 Å². The first kappa shape index (κ1) is 22.3. The van der Waals surface area contributed by atoms with Gasteiger partial charge in [0.2, 0.25) is 0 Å². The minimum absolute atomic E-state index is 0.103. The molecule has 1 aliphatic rings. The summed E-state index contributed by atoms with van der Waals surface area (Å²) >= 11 is 0. The van der Waals surface area contributed by atoms with Crippen molar-refractivity contribution in [1.29, 1.82) is 0 Å². The van der Waals surface area contributed by atoms with Crippen molar-refractivity contribution in [1.82, 2.24) is 24.0 Å². The number of benzene rings is 2. The predicted molar refractivity (Wildman–Crippen MR) is 130 cm³/mol. The molecule has 0 bridgehead atoms. The highest BCUT2D eigenvalue weighted by atomic mass is 19.1. The minimum atomic E-state index is -0.311. The van der Waals surface area contributed by atoms with Gasteiger partial charge >= 0.3 is 0 Å². The lowest BCUT2D eigenvalue weighted by Gasteiger charge is -2.34. The van der Waals surface area contributed by atoms with Gasteiger partial charge in [0.1, 0.15) is 17.3 Å². The Hall–Kier alpha value is -3.52. The fourth-order valence-corrected chi connectivity index (χ4v) is 4.42. The first-order valence-electron chi connectivity index (χ1n) is 11.5. The van der Waals surface area contributed by atoms with E-state index in [4.69, 9.17) is 0 Å². The van der Waals surface area contributed by atoms with Gasteiger partial charge in [-0.1, -0.05) is 0 Å². The normalized spacial score (nSPS) is 14.8. The lowest BCUT2D eigenvalue weighted by atomic mass is 10.1. The highest BCUT2D eigenvalue weighted by Gasteiger charge is 2.23. The first-order valence-corrected chi connectivity index (χ1v) is 11.5. The molecule has 1 fully saturated rings. The second-order valence-electron chi connectivity index (χ2n) is 9.00. The second kappa shape index (κ2) is 9.02. The zero-order chi connectivity index (χ0) is 23.8. The number of piperazine rings is 1. The van der Waals surface area contributed by atoms with Gasteiger partial charge in [-0.3, -0.25) is 4.57 Å². The lowest BCUT2D eigenvalue weighted by Crippen LogP contribution is -2.44. The molecule has 0 aliphatic carbocycles. The molecule has 6 nitrogen and oxygen atoms in total. The molecule has 0 atom stereocenters. The Kier molecular flexibility index (Phi) is 5.91. The van der Waals surface area contributed by atoms with Crippen molar-refractivity contribution < 1.29 is 8.78 Å². The van der Waals surface area contributed by atoms with Crippen LogP contribution in [-0.4, -0.2) is 57.2 Å². The van der Waals surface area contributed by atoms with Crippen LogP contribution in [0.25, 0.3) is 28.5 Å². The van der Waals surface area contributed by atoms with Gasteiger partial charge in [0, 0.05) is 55.9 Å². The van der Waals surface area contributed by atoms with Gasteiger partial charge in [-0.15, -0.1) is 0 Å². The SMILES string of the molecule is CC(C)n1cnc(-c2ccc(F)cc2)c1-c1nccn1-c1ccc(N2CCN(C)CC2)cc1F. The average molecular weight is 463 g/mol. The Bertz CT molecular complexity index is 1280. The first-order chi connectivity index (χ1) is 16.4. The molecular weight excluding hydrogens is 434 g/mol. The van der Waals surface area contributed by atoms with Crippen LogP contribution in [0.5, 0.6) is 0 Å². The molecule has 0 amide bonds.